The summed E-state index contributed by atoms with van der Waals surface area (Å²) in [6.45, 7) is 0. The lowest BCUT2D eigenvalue weighted by atomic mass is 9.83. The highest BCUT2D eigenvalue weighted by Gasteiger charge is 2.26. The minimum Gasteiger partial charge on any atom is -0.497 e. The highest BCUT2D eigenvalue weighted by atomic mass is 16.5. The summed E-state index contributed by atoms with van der Waals surface area (Å²) in [7, 11) is 3.28. The molecule has 0 aliphatic heterocycles. The van der Waals surface area contributed by atoms with E-state index in [0.29, 0.717) is 0 Å². The van der Waals surface area contributed by atoms with Gasteiger partial charge in [0.25, 0.3) is 0 Å². The first-order valence-corrected chi connectivity index (χ1v) is 13.3. The number of hydrogen-bond acceptors (Lipinski definition) is 3. The van der Waals surface area contributed by atoms with Crippen LogP contribution in [0.1, 0.15) is 34.1 Å². The number of Topliss-reactive ketones (excluding diaryl/α,β-unsaturated/α-hetero) is 1. The number of rotatable bonds is 12. The van der Waals surface area contributed by atoms with Gasteiger partial charge in [-0.3, -0.25) is 4.79 Å². The van der Waals surface area contributed by atoms with Gasteiger partial charge in [0.15, 0.2) is 5.78 Å². The van der Waals surface area contributed by atoms with E-state index in [9.17, 15) is 4.79 Å². The normalized spacial score (nSPS) is 13.2. The summed E-state index contributed by atoms with van der Waals surface area (Å²) in [6, 6.07) is 35.6. The van der Waals surface area contributed by atoms with Crippen molar-refractivity contribution < 1.29 is 14.3 Å². The number of benzene rings is 4. The Morgan fingerprint density at radius 2 is 0.900 bits per heavy atom. The molecule has 0 aliphatic rings. The smallest absolute Gasteiger partial charge is 0.155 e. The van der Waals surface area contributed by atoms with Gasteiger partial charge in [0.1, 0.15) is 11.5 Å². The first-order valence-electron chi connectivity index (χ1n) is 13.3. The quantitative estimate of drug-likeness (QED) is 0.173. The molecule has 0 fully saturated rings. The van der Waals surface area contributed by atoms with Crippen LogP contribution in [-0.2, 0) is 4.79 Å². The minimum atomic E-state index is -0.457. The molecule has 4 aromatic rings. The van der Waals surface area contributed by atoms with Crippen LogP contribution < -0.4 is 9.47 Å². The molecule has 0 aromatic heterocycles. The summed E-state index contributed by atoms with van der Waals surface area (Å²) in [5.74, 6) is 0.660. The molecule has 2 atom stereocenters. The van der Waals surface area contributed by atoms with Crippen molar-refractivity contribution in [3.05, 3.63) is 168 Å². The minimum absolute atomic E-state index is 0.0732. The summed E-state index contributed by atoms with van der Waals surface area (Å²) in [4.78, 5) is 14.3. The molecular formula is C37H34O3. The second-order valence-corrected chi connectivity index (χ2v) is 9.21. The molecule has 2 unspecified atom stereocenters. The fourth-order valence-corrected chi connectivity index (χ4v) is 4.37. The Balaban J connectivity index is 1.67. The largest absolute Gasteiger partial charge is 0.497 e. The van der Waals surface area contributed by atoms with Crippen LogP contribution in [0.4, 0.5) is 0 Å². The summed E-state index contributed by atoms with van der Waals surface area (Å²) >= 11 is 0. The average molecular weight is 527 g/mol. The monoisotopic (exact) mass is 526 g/mol. The zero-order valence-electron chi connectivity index (χ0n) is 22.9. The van der Waals surface area contributed by atoms with E-state index >= 15 is 0 Å². The van der Waals surface area contributed by atoms with E-state index < -0.39 is 11.8 Å². The average Bonchev–Trinajstić information content (AvgIpc) is 3.02. The van der Waals surface area contributed by atoms with Crippen LogP contribution in [0.2, 0.25) is 0 Å². The van der Waals surface area contributed by atoms with Gasteiger partial charge in [0.05, 0.1) is 26.1 Å². The number of ether oxygens (including phenoxy) is 2. The maximum Gasteiger partial charge on any atom is 0.155 e. The van der Waals surface area contributed by atoms with Crippen LogP contribution in [0.25, 0.3) is 12.2 Å². The van der Waals surface area contributed by atoms with Gasteiger partial charge in [-0.2, -0.15) is 0 Å². The molecule has 0 saturated heterocycles. The molecule has 0 amide bonds. The van der Waals surface area contributed by atoms with E-state index in [-0.39, 0.29) is 5.78 Å². The molecule has 0 saturated carbocycles. The summed E-state index contributed by atoms with van der Waals surface area (Å²) in [5, 5.41) is 0. The maximum atomic E-state index is 14.3. The predicted molar refractivity (Wildman–Crippen MR) is 166 cm³/mol. The van der Waals surface area contributed by atoms with Gasteiger partial charge in [-0.15, -0.1) is 0 Å². The lowest BCUT2D eigenvalue weighted by Gasteiger charge is -2.19. The van der Waals surface area contributed by atoms with Crippen molar-refractivity contribution in [2.24, 2.45) is 0 Å². The van der Waals surface area contributed by atoms with Gasteiger partial charge in [-0.1, -0.05) is 134 Å². The second-order valence-electron chi connectivity index (χ2n) is 9.21. The van der Waals surface area contributed by atoms with Crippen molar-refractivity contribution in [3.63, 3.8) is 0 Å². The maximum absolute atomic E-state index is 14.3. The molecular weight excluding hydrogens is 492 g/mol. The predicted octanol–water partition coefficient (Wildman–Crippen LogP) is 8.68. The first-order chi connectivity index (χ1) is 19.7. The Morgan fingerprint density at radius 1 is 0.525 bits per heavy atom. The molecule has 0 spiro atoms. The Bertz CT molecular complexity index is 1330. The molecule has 3 nitrogen and oxygen atoms in total. The second kappa shape index (κ2) is 14.9. The molecule has 200 valence electrons. The lowest BCUT2D eigenvalue weighted by molar-refractivity contribution is -0.120. The zero-order valence-corrected chi connectivity index (χ0v) is 22.9. The van der Waals surface area contributed by atoms with Crippen molar-refractivity contribution in [3.8, 4) is 11.5 Å². The molecule has 0 aliphatic carbocycles. The molecule has 4 aromatic carbocycles. The third kappa shape index (κ3) is 8.05. The molecule has 0 N–H and O–H groups in total. The number of carbonyl (C=O) groups excluding carboxylic acids is 1. The highest BCUT2D eigenvalue weighted by Crippen LogP contribution is 2.31. The third-order valence-corrected chi connectivity index (χ3v) is 6.57. The van der Waals surface area contributed by atoms with Crippen LogP contribution in [-0.4, -0.2) is 20.0 Å². The SMILES string of the molecule is COc1ccc(C(/C=C/C=C/c2ccccc2)C(=O)C(/C=C/C=C/c2ccccc2)c2ccc(OC)cc2)cc1. The van der Waals surface area contributed by atoms with Gasteiger partial charge in [0, 0.05) is 0 Å². The van der Waals surface area contributed by atoms with Gasteiger partial charge in [-0.25, -0.2) is 0 Å². The topological polar surface area (TPSA) is 35.5 Å². The van der Waals surface area contributed by atoms with Crippen LogP contribution in [0.3, 0.4) is 0 Å². The fraction of sp³-hybridized carbons (Fsp3) is 0.108. The van der Waals surface area contributed by atoms with E-state index in [1.165, 1.54) is 0 Å². The number of ketones is 1. The summed E-state index contributed by atoms with van der Waals surface area (Å²) in [5.41, 5.74) is 4.01. The van der Waals surface area contributed by atoms with Gasteiger partial charge in [-0.05, 0) is 46.5 Å². The number of methoxy groups -OCH3 is 2. The molecule has 0 heterocycles. The van der Waals surface area contributed by atoms with E-state index in [4.69, 9.17) is 9.47 Å². The Labute approximate surface area is 237 Å². The van der Waals surface area contributed by atoms with Crippen LogP contribution in [0.15, 0.2) is 146 Å². The van der Waals surface area contributed by atoms with Gasteiger partial charge < -0.3 is 9.47 Å². The van der Waals surface area contributed by atoms with E-state index in [2.05, 4.69) is 0 Å². The number of hydrogen-bond donors (Lipinski definition) is 0. The van der Waals surface area contributed by atoms with Crippen molar-refractivity contribution in [2.45, 2.75) is 11.8 Å². The van der Waals surface area contributed by atoms with Gasteiger partial charge >= 0.3 is 0 Å². The van der Waals surface area contributed by atoms with Crippen LogP contribution in [0.5, 0.6) is 11.5 Å². The standard InChI is InChI=1S/C37H34O3/c1-39-33-25-21-31(22-26-33)35(19-11-9-17-29-13-5-3-6-14-29)37(38)36(32-23-27-34(40-2)28-24-32)20-12-10-18-30-15-7-4-8-16-30/h3-28,35-36H,1-2H3/b17-9+,18-10+,19-11+,20-12+. The fourth-order valence-electron chi connectivity index (χ4n) is 4.37. The first kappa shape index (κ1) is 28.1. The lowest BCUT2D eigenvalue weighted by Crippen LogP contribution is -2.18. The molecule has 4 rings (SSSR count). The van der Waals surface area contributed by atoms with E-state index in [0.717, 1.165) is 33.8 Å². The Hall–Kier alpha value is -4.89. The van der Waals surface area contributed by atoms with Gasteiger partial charge in [0.2, 0.25) is 0 Å². The van der Waals surface area contributed by atoms with Crippen LogP contribution in [0, 0.1) is 0 Å². The Morgan fingerprint density at radius 3 is 1.25 bits per heavy atom. The molecule has 0 bridgehead atoms. The van der Waals surface area contributed by atoms with Crippen molar-refractivity contribution in [2.75, 3.05) is 14.2 Å². The summed E-state index contributed by atoms with van der Waals surface area (Å²) in [6.07, 6.45) is 15.8. The number of allylic oxidation sites excluding steroid dienone is 6. The molecule has 3 heteroatoms. The summed E-state index contributed by atoms with van der Waals surface area (Å²) < 4.78 is 10.7. The van der Waals surface area contributed by atoms with Crippen molar-refractivity contribution >= 4 is 17.9 Å². The van der Waals surface area contributed by atoms with Crippen LogP contribution >= 0.6 is 0 Å². The third-order valence-electron chi connectivity index (χ3n) is 6.57. The highest BCUT2D eigenvalue weighted by molar-refractivity contribution is 5.95. The van der Waals surface area contributed by atoms with Crippen molar-refractivity contribution in [1.82, 2.24) is 0 Å². The van der Waals surface area contributed by atoms with Crippen molar-refractivity contribution in [1.29, 1.82) is 0 Å². The molecule has 40 heavy (non-hydrogen) atoms. The number of carbonyl (C=O) groups is 1. The molecule has 0 radical (unpaired) electrons. The van der Waals surface area contributed by atoms with E-state index in [1.54, 1.807) is 14.2 Å². The Kier molecular flexibility index (Phi) is 10.5. The van der Waals surface area contributed by atoms with E-state index in [1.807, 2.05) is 158 Å². The zero-order chi connectivity index (χ0) is 28.0.